The lowest BCUT2D eigenvalue weighted by Gasteiger charge is -2.32. The molecule has 2 aliphatic heterocycles. The van der Waals surface area contributed by atoms with Crippen molar-refractivity contribution in [3.05, 3.63) is 74.8 Å². The molecule has 37 heavy (non-hydrogen) atoms. The van der Waals surface area contributed by atoms with E-state index in [9.17, 15) is 21.6 Å². The molecule has 1 unspecified atom stereocenters. The minimum atomic E-state index is -3.41. The molecule has 2 aromatic heterocycles. The molecule has 1 aromatic carbocycles. The molecule has 1 saturated heterocycles. The van der Waals surface area contributed by atoms with Crippen LogP contribution in [-0.2, 0) is 10.0 Å². The third-order valence-corrected chi connectivity index (χ3v) is 8.77. The molecule has 8 nitrogen and oxygen atoms in total. The van der Waals surface area contributed by atoms with Crippen molar-refractivity contribution in [2.24, 2.45) is 10.9 Å². The Kier molecular flexibility index (Phi) is 7.14. The van der Waals surface area contributed by atoms with E-state index in [1.807, 2.05) is 10.3 Å². The number of rotatable bonds is 8. The molecule has 0 bridgehead atoms. The monoisotopic (exact) mass is 570 g/mol. The van der Waals surface area contributed by atoms with Crippen LogP contribution < -0.4 is 4.72 Å². The third kappa shape index (κ3) is 5.17. The van der Waals surface area contributed by atoms with Gasteiger partial charge < -0.3 is 4.90 Å². The van der Waals surface area contributed by atoms with Gasteiger partial charge in [0.05, 0.1) is 11.9 Å². The van der Waals surface area contributed by atoms with Crippen molar-refractivity contribution in [3.8, 4) is 0 Å². The first-order chi connectivity index (χ1) is 17.7. The molecule has 4 heterocycles. The normalized spacial score (nSPS) is 20.1. The highest BCUT2D eigenvalue weighted by Crippen LogP contribution is 2.47. The molecule has 14 heteroatoms. The van der Waals surface area contributed by atoms with E-state index in [1.54, 1.807) is 13.1 Å². The summed E-state index contributed by atoms with van der Waals surface area (Å²) in [7, 11) is -3.41. The average Bonchev–Trinajstić information content (AvgIpc) is 3.63. The molecular formula is C23H22ClF3N6O2S2. The minimum Gasteiger partial charge on any atom is -0.327 e. The number of nitrogens with one attached hydrogen (secondary N) is 1. The number of nitrogens with zero attached hydrogens (tertiary/aromatic N) is 5. The quantitative estimate of drug-likeness (QED) is 0.424. The smallest absolute Gasteiger partial charge is 0.327 e. The van der Waals surface area contributed by atoms with Crippen LogP contribution in [-0.4, -0.2) is 52.8 Å². The Bertz CT molecular complexity index is 1470. The fourth-order valence-corrected chi connectivity index (χ4v) is 6.15. The van der Waals surface area contributed by atoms with E-state index >= 15 is 0 Å². The number of amidine groups is 1. The molecule has 0 saturated carbocycles. The van der Waals surface area contributed by atoms with Crippen molar-refractivity contribution in [2.75, 3.05) is 18.8 Å². The summed E-state index contributed by atoms with van der Waals surface area (Å²) < 4.78 is 68.1. The van der Waals surface area contributed by atoms with Gasteiger partial charge in [0.1, 0.15) is 11.9 Å². The van der Waals surface area contributed by atoms with Crippen LogP contribution in [0.25, 0.3) is 5.57 Å². The lowest BCUT2D eigenvalue weighted by molar-refractivity contribution is 0.0566. The summed E-state index contributed by atoms with van der Waals surface area (Å²) >= 11 is 7.84. The molecule has 3 aromatic rings. The number of sulfonamides is 1. The SMILES string of the molecule is CCS(=O)(=O)NCC1CC2=C(c3cnn(C(F)F)c3)[C@H](c3ccc(F)cc3Cl)N=C(c3nccs3)N2C1. The van der Waals surface area contributed by atoms with Crippen LogP contribution in [0.15, 0.2) is 52.9 Å². The zero-order chi connectivity index (χ0) is 26.3. The Hall–Kier alpha value is -2.74. The predicted octanol–water partition coefficient (Wildman–Crippen LogP) is 4.70. The number of thiazole rings is 1. The zero-order valence-electron chi connectivity index (χ0n) is 19.5. The summed E-state index contributed by atoms with van der Waals surface area (Å²) in [5.41, 5.74) is 2.29. The number of alkyl halides is 2. The molecular weight excluding hydrogens is 549 g/mol. The summed E-state index contributed by atoms with van der Waals surface area (Å²) in [5.74, 6) is -0.120. The Morgan fingerprint density at radius 2 is 2.14 bits per heavy atom. The lowest BCUT2D eigenvalue weighted by Crippen LogP contribution is -2.35. The highest BCUT2D eigenvalue weighted by atomic mass is 35.5. The maximum atomic E-state index is 13.9. The molecule has 5 rings (SSSR count). The van der Waals surface area contributed by atoms with Gasteiger partial charge >= 0.3 is 6.55 Å². The summed E-state index contributed by atoms with van der Waals surface area (Å²) in [6.45, 7) is -0.629. The maximum Gasteiger partial charge on any atom is 0.333 e. The van der Waals surface area contributed by atoms with Crippen LogP contribution in [0.2, 0.25) is 5.02 Å². The van der Waals surface area contributed by atoms with E-state index in [0.717, 1.165) is 5.70 Å². The molecule has 196 valence electrons. The summed E-state index contributed by atoms with van der Waals surface area (Å²) in [6.07, 6.45) is 4.68. The third-order valence-electron chi connectivity index (χ3n) is 6.31. The van der Waals surface area contributed by atoms with Crippen molar-refractivity contribution in [3.63, 3.8) is 0 Å². The minimum absolute atomic E-state index is 0.0405. The number of aromatic nitrogens is 3. The number of fused-ring (bicyclic) bond motifs is 1. The van der Waals surface area contributed by atoms with E-state index in [1.165, 1.54) is 41.9 Å². The van der Waals surface area contributed by atoms with Crippen molar-refractivity contribution < 1.29 is 21.6 Å². The lowest BCUT2D eigenvalue weighted by atomic mass is 9.90. The highest BCUT2D eigenvalue weighted by Gasteiger charge is 2.40. The van der Waals surface area contributed by atoms with Gasteiger partial charge in [-0.05, 0) is 37.0 Å². The van der Waals surface area contributed by atoms with Gasteiger partial charge in [0, 0.05) is 52.7 Å². The number of hydrogen-bond donors (Lipinski definition) is 1. The first-order valence-corrected chi connectivity index (χ1v) is 14.3. The number of aliphatic imine (C=N–C) groups is 1. The van der Waals surface area contributed by atoms with Crippen LogP contribution in [0, 0.1) is 11.7 Å². The summed E-state index contributed by atoms with van der Waals surface area (Å²) in [5, 5.41) is 6.40. The van der Waals surface area contributed by atoms with Gasteiger partial charge in [-0.1, -0.05) is 17.7 Å². The van der Waals surface area contributed by atoms with Crippen LogP contribution >= 0.6 is 22.9 Å². The average molecular weight is 571 g/mol. The Balaban J connectivity index is 1.66. The number of hydrogen-bond acceptors (Lipinski definition) is 7. The number of allylic oxidation sites excluding steroid dienone is 1. The molecule has 0 radical (unpaired) electrons. The van der Waals surface area contributed by atoms with Crippen LogP contribution in [0.4, 0.5) is 13.2 Å². The fourth-order valence-electron chi connectivity index (χ4n) is 4.55. The van der Waals surface area contributed by atoms with Gasteiger partial charge in [0.25, 0.3) is 0 Å². The van der Waals surface area contributed by atoms with Crippen LogP contribution in [0.1, 0.15) is 42.1 Å². The second-order valence-corrected chi connectivity index (χ2v) is 12.0. The van der Waals surface area contributed by atoms with E-state index in [0.29, 0.717) is 45.2 Å². The van der Waals surface area contributed by atoms with E-state index in [4.69, 9.17) is 16.6 Å². The molecule has 0 aliphatic carbocycles. The molecule has 0 amide bonds. The zero-order valence-corrected chi connectivity index (χ0v) is 21.9. The van der Waals surface area contributed by atoms with E-state index < -0.39 is 28.4 Å². The molecule has 2 aliphatic rings. The first kappa shape index (κ1) is 25.9. The Labute approximate surface area is 220 Å². The number of halogens is 4. The maximum absolute atomic E-state index is 13.9. The topological polar surface area (TPSA) is 92.5 Å². The van der Waals surface area contributed by atoms with Crippen molar-refractivity contribution in [1.82, 2.24) is 24.4 Å². The molecule has 0 spiro atoms. The van der Waals surface area contributed by atoms with Gasteiger partial charge in [-0.2, -0.15) is 13.9 Å². The van der Waals surface area contributed by atoms with Gasteiger partial charge in [0.15, 0.2) is 10.8 Å². The fraction of sp³-hybridized carbons (Fsp3) is 0.348. The molecule has 2 atom stereocenters. The van der Waals surface area contributed by atoms with Gasteiger partial charge in [-0.3, -0.25) is 4.99 Å². The number of benzene rings is 1. The first-order valence-electron chi connectivity index (χ1n) is 11.4. The summed E-state index contributed by atoms with van der Waals surface area (Å²) in [6, 6.07) is 3.23. The molecule has 1 fully saturated rings. The predicted molar refractivity (Wildman–Crippen MR) is 135 cm³/mol. The van der Waals surface area contributed by atoms with Crippen LogP contribution in [0.5, 0.6) is 0 Å². The van der Waals surface area contributed by atoms with E-state index in [2.05, 4.69) is 14.8 Å². The summed E-state index contributed by atoms with van der Waals surface area (Å²) in [4.78, 5) is 11.3. The highest BCUT2D eigenvalue weighted by molar-refractivity contribution is 7.89. The van der Waals surface area contributed by atoms with Gasteiger partial charge in [0.2, 0.25) is 10.0 Å². The standard InChI is InChI=1S/C23H22ClF3N6O2S2/c1-2-37(34,35)30-9-13-7-18-19(14-10-29-33(12-14)23(26)27)20(16-4-3-15(25)8-17(16)24)31-21(32(18)11-13)22-28-5-6-36-22/h3-6,8,10,12-13,20,23,30H,2,7,9,11H2,1H3/t13?,20-/m0/s1. The van der Waals surface area contributed by atoms with E-state index in [-0.39, 0.29) is 23.2 Å². The van der Waals surface area contributed by atoms with Crippen molar-refractivity contribution in [2.45, 2.75) is 25.9 Å². The molecule has 1 N–H and O–H groups in total. The van der Waals surface area contributed by atoms with Gasteiger partial charge in [-0.25, -0.2) is 27.2 Å². The van der Waals surface area contributed by atoms with Crippen molar-refractivity contribution >= 4 is 44.4 Å². The van der Waals surface area contributed by atoms with Gasteiger partial charge in [-0.15, -0.1) is 11.3 Å². The largest absolute Gasteiger partial charge is 0.333 e. The second-order valence-electron chi connectivity index (χ2n) is 8.64. The van der Waals surface area contributed by atoms with Crippen LogP contribution in [0.3, 0.4) is 0 Å². The Morgan fingerprint density at radius 1 is 1.32 bits per heavy atom. The Morgan fingerprint density at radius 3 is 2.78 bits per heavy atom. The van der Waals surface area contributed by atoms with Crippen molar-refractivity contribution in [1.29, 1.82) is 0 Å². The second kappa shape index (κ2) is 10.2.